The van der Waals surface area contributed by atoms with Crippen molar-refractivity contribution >= 4 is 32.4 Å². The second-order valence-electron chi connectivity index (χ2n) is 5.95. The number of rotatable bonds is 7. The van der Waals surface area contributed by atoms with Gasteiger partial charge in [0.25, 0.3) is 15.9 Å². The lowest BCUT2D eigenvalue weighted by Gasteiger charge is -2.08. The van der Waals surface area contributed by atoms with Crippen LogP contribution in [-0.2, 0) is 16.6 Å². The molecule has 2 aromatic carbocycles. The highest BCUT2D eigenvalue weighted by molar-refractivity contribution is 7.93. The zero-order valence-corrected chi connectivity index (χ0v) is 16.9. The van der Waals surface area contributed by atoms with Gasteiger partial charge in [0.1, 0.15) is 11.4 Å². The second-order valence-corrected chi connectivity index (χ2v) is 8.49. The fourth-order valence-corrected chi connectivity index (χ4v) is 4.37. The number of hydrogen-bond donors (Lipinski definition) is 2. The standard InChI is InChI=1S/C19H19N3O4S2/c1-13-7-9-15(10-8-13)28(24,25)22-19-21-16(12-27-19)18(23)20-11-14-5-3-4-6-17(14)26-2/h3-10,12H,11H2,1-2H3,(H,20,23)(H,21,22). The van der Waals surface area contributed by atoms with Crippen LogP contribution < -0.4 is 14.8 Å². The van der Waals surface area contributed by atoms with E-state index in [0.717, 1.165) is 22.5 Å². The largest absolute Gasteiger partial charge is 0.496 e. The Morgan fingerprint density at radius 3 is 2.57 bits per heavy atom. The summed E-state index contributed by atoms with van der Waals surface area (Å²) in [5.41, 5.74) is 1.93. The number of aryl methyl sites for hydroxylation is 1. The molecule has 0 aliphatic carbocycles. The van der Waals surface area contributed by atoms with Crippen LogP contribution in [0.25, 0.3) is 0 Å². The zero-order valence-electron chi connectivity index (χ0n) is 15.3. The summed E-state index contributed by atoms with van der Waals surface area (Å²) >= 11 is 1.04. The van der Waals surface area contributed by atoms with Crippen LogP contribution in [0.2, 0.25) is 0 Å². The van der Waals surface area contributed by atoms with E-state index in [9.17, 15) is 13.2 Å². The Balaban J connectivity index is 1.66. The summed E-state index contributed by atoms with van der Waals surface area (Å²) in [5.74, 6) is 0.274. The third-order valence-corrected chi connectivity index (χ3v) is 6.16. The summed E-state index contributed by atoms with van der Waals surface area (Å²) in [6, 6.07) is 13.8. The van der Waals surface area contributed by atoms with Gasteiger partial charge in [0.2, 0.25) is 0 Å². The van der Waals surface area contributed by atoms with Crippen LogP contribution in [0, 0.1) is 6.92 Å². The molecule has 3 aromatic rings. The fraction of sp³-hybridized carbons (Fsp3) is 0.158. The minimum atomic E-state index is -3.76. The molecule has 1 amide bonds. The van der Waals surface area contributed by atoms with Gasteiger partial charge in [-0.25, -0.2) is 13.4 Å². The summed E-state index contributed by atoms with van der Waals surface area (Å²) < 4.78 is 32.5. The molecule has 1 aromatic heterocycles. The highest BCUT2D eigenvalue weighted by Crippen LogP contribution is 2.21. The molecule has 0 bridgehead atoms. The number of amides is 1. The Kier molecular flexibility index (Phi) is 5.96. The molecule has 0 radical (unpaired) electrons. The van der Waals surface area contributed by atoms with Crippen molar-refractivity contribution in [2.24, 2.45) is 0 Å². The molecule has 146 valence electrons. The predicted octanol–water partition coefficient (Wildman–Crippen LogP) is 3.19. The zero-order chi connectivity index (χ0) is 20.1. The van der Waals surface area contributed by atoms with Gasteiger partial charge in [-0.2, -0.15) is 0 Å². The topological polar surface area (TPSA) is 97.4 Å². The van der Waals surface area contributed by atoms with Gasteiger partial charge >= 0.3 is 0 Å². The third-order valence-electron chi connectivity index (χ3n) is 3.92. The Morgan fingerprint density at radius 2 is 1.86 bits per heavy atom. The van der Waals surface area contributed by atoms with E-state index >= 15 is 0 Å². The average Bonchev–Trinajstić information content (AvgIpc) is 3.14. The molecular weight excluding hydrogens is 398 g/mol. The number of sulfonamides is 1. The number of aromatic nitrogens is 1. The highest BCUT2D eigenvalue weighted by atomic mass is 32.2. The molecule has 0 saturated carbocycles. The van der Waals surface area contributed by atoms with Crippen LogP contribution in [0.1, 0.15) is 21.6 Å². The second kappa shape index (κ2) is 8.41. The fourth-order valence-electron chi connectivity index (χ4n) is 2.43. The van der Waals surface area contributed by atoms with Gasteiger partial charge in [-0.3, -0.25) is 9.52 Å². The molecule has 0 unspecified atom stereocenters. The first-order valence-electron chi connectivity index (χ1n) is 8.34. The minimum Gasteiger partial charge on any atom is -0.496 e. The van der Waals surface area contributed by atoms with Crippen molar-refractivity contribution in [2.75, 3.05) is 11.8 Å². The number of thiazole rings is 1. The van der Waals surface area contributed by atoms with E-state index in [1.807, 2.05) is 31.2 Å². The molecule has 3 rings (SSSR count). The number of benzene rings is 2. The molecule has 1 heterocycles. The van der Waals surface area contributed by atoms with Gasteiger partial charge in [-0.15, -0.1) is 11.3 Å². The maximum Gasteiger partial charge on any atom is 0.271 e. The molecule has 0 aliphatic heterocycles. The first-order chi connectivity index (χ1) is 13.4. The van der Waals surface area contributed by atoms with Crippen LogP contribution in [0.4, 0.5) is 5.13 Å². The Bertz CT molecular complexity index is 1080. The molecule has 2 N–H and O–H groups in total. The van der Waals surface area contributed by atoms with Crippen LogP contribution in [0.5, 0.6) is 5.75 Å². The lowest BCUT2D eigenvalue weighted by molar-refractivity contribution is 0.0946. The van der Waals surface area contributed by atoms with Crippen molar-refractivity contribution in [3.8, 4) is 5.75 Å². The summed E-state index contributed by atoms with van der Waals surface area (Å²) in [4.78, 5) is 16.5. The first kappa shape index (κ1) is 19.8. The van der Waals surface area contributed by atoms with Crippen molar-refractivity contribution in [1.82, 2.24) is 10.3 Å². The van der Waals surface area contributed by atoms with Gasteiger partial charge in [0, 0.05) is 17.5 Å². The van der Waals surface area contributed by atoms with Crippen LogP contribution in [0.15, 0.2) is 58.8 Å². The Morgan fingerprint density at radius 1 is 1.14 bits per heavy atom. The smallest absolute Gasteiger partial charge is 0.271 e. The Hall–Kier alpha value is -2.91. The molecule has 0 fully saturated rings. The van der Waals surface area contributed by atoms with E-state index in [1.165, 1.54) is 17.5 Å². The molecular formula is C19H19N3O4S2. The van der Waals surface area contributed by atoms with Gasteiger partial charge < -0.3 is 10.1 Å². The van der Waals surface area contributed by atoms with E-state index in [0.29, 0.717) is 5.75 Å². The molecule has 0 atom stereocenters. The molecule has 7 nitrogen and oxygen atoms in total. The summed E-state index contributed by atoms with van der Waals surface area (Å²) in [5, 5.41) is 4.38. The van der Waals surface area contributed by atoms with Crippen LogP contribution >= 0.6 is 11.3 Å². The van der Waals surface area contributed by atoms with Crippen LogP contribution in [-0.4, -0.2) is 26.4 Å². The maximum atomic E-state index is 12.4. The van der Waals surface area contributed by atoms with Gasteiger partial charge in [0.15, 0.2) is 5.13 Å². The molecule has 9 heteroatoms. The van der Waals surface area contributed by atoms with Crippen molar-refractivity contribution in [2.45, 2.75) is 18.4 Å². The van der Waals surface area contributed by atoms with E-state index in [2.05, 4.69) is 15.0 Å². The predicted molar refractivity (Wildman–Crippen MR) is 108 cm³/mol. The SMILES string of the molecule is COc1ccccc1CNC(=O)c1csc(NS(=O)(=O)c2ccc(C)cc2)n1. The normalized spacial score (nSPS) is 11.1. The number of anilines is 1. The number of nitrogens with one attached hydrogen (secondary N) is 2. The number of para-hydroxylation sites is 1. The number of carbonyl (C=O) groups excluding carboxylic acids is 1. The maximum absolute atomic E-state index is 12.4. The van der Waals surface area contributed by atoms with Gasteiger partial charge in [0.05, 0.1) is 12.0 Å². The lowest BCUT2D eigenvalue weighted by Crippen LogP contribution is -2.23. The molecule has 28 heavy (non-hydrogen) atoms. The lowest BCUT2D eigenvalue weighted by atomic mass is 10.2. The quantitative estimate of drug-likeness (QED) is 0.615. The third kappa shape index (κ3) is 4.68. The number of methoxy groups -OCH3 is 1. The summed E-state index contributed by atoms with van der Waals surface area (Å²) in [6.07, 6.45) is 0. The van der Waals surface area contributed by atoms with E-state index in [1.54, 1.807) is 19.2 Å². The minimum absolute atomic E-state index is 0.128. The van der Waals surface area contributed by atoms with E-state index < -0.39 is 15.9 Å². The first-order valence-corrected chi connectivity index (χ1v) is 10.7. The highest BCUT2D eigenvalue weighted by Gasteiger charge is 2.18. The Labute approximate surface area is 167 Å². The van der Waals surface area contributed by atoms with Gasteiger partial charge in [-0.05, 0) is 25.1 Å². The van der Waals surface area contributed by atoms with Crippen molar-refractivity contribution in [1.29, 1.82) is 0 Å². The molecule has 0 saturated heterocycles. The average molecular weight is 418 g/mol. The number of ether oxygens (including phenoxy) is 1. The number of hydrogen-bond acceptors (Lipinski definition) is 6. The van der Waals surface area contributed by atoms with E-state index in [-0.39, 0.29) is 22.3 Å². The molecule has 0 spiro atoms. The van der Waals surface area contributed by atoms with Crippen molar-refractivity contribution in [3.05, 3.63) is 70.7 Å². The van der Waals surface area contributed by atoms with Crippen molar-refractivity contribution < 1.29 is 17.9 Å². The summed E-state index contributed by atoms with van der Waals surface area (Å²) in [7, 11) is -2.19. The van der Waals surface area contributed by atoms with Gasteiger partial charge in [-0.1, -0.05) is 35.9 Å². The summed E-state index contributed by atoms with van der Waals surface area (Å²) in [6.45, 7) is 2.14. The number of carbonyl (C=O) groups is 1. The van der Waals surface area contributed by atoms with E-state index in [4.69, 9.17) is 4.74 Å². The van der Waals surface area contributed by atoms with Crippen molar-refractivity contribution in [3.63, 3.8) is 0 Å². The molecule has 0 aliphatic rings. The number of nitrogens with zero attached hydrogens (tertiary/aromatic N) is 1. The monoisotopic (exact) mass is 417 g/mol. The van der Waals surface area contributed by atoms with Crippen LogP contribution in [0.3, 0.4) is 0 Å².